The highest BCUT2D eigenvalue weighted by atomic mass is 16.7. The van der Waals surface area contributed by atoms with Gasteiger partial charge < -0.3 is 4.84 Å². The molecule has 0 aliphatic heterocycles. The Bertz CT molecular complexity index is 591. The summed E-state index contributed by atoms with van der Waals surface area (Å²) in [7, 11) is 0. The van der Waals surface area contributed by atoms with E-state index in [1.165, 1.54) is 24.4 Å². The van der Waals surface area contributed by atoms with Crippen LogP contribution in [0.5, 0.6) is 5.88 Å². The first-order chi connectivity index (χ1) is 8.16. The van der Waals surface area contributed by atoms with Crippen LogP contribution in [0, 0.1) is 10.1 Å². The monoisotopic (exact) mass is 233 g/mol. The van der Waals surface area contributed by atoms with Gasteiger partial charge in [-0.15, -0.1) is 4.73 Å². The van der Waals surface area contributed by atoms with Gasteiger partial charge in [0.1, 0.15) is 6.20 Å². The summed E-state index contributed by atoms with van der Waals surface area (Å²) >= 11 is 0. The van der Waals surface area contributed by atoms with Gasteiger partial charge in [0, 0.05) is 24.4 Å². The highest BCUT2D eigenvalue weighted by Gasteiger charge is 2.06. The van der Waals surface area contributed by atoms with Crippen LogP contribution in [0.4, 0.5) is 5.69 Å². The SMILES string of the molecule is O=c1ccccn1Oc1ccc([N+](=O)[O-])cn1. The van der Waals surface area contributed by atoms with E-state index < -0.39 is 4.92 Å². The molecule has 7 heteroatoms. The molecule has 86 valence electrons. The number of hydrogen-bond acceptors (Lipinski definition) is 5. The van der Waals surface area contributed by atoms with Gasteiger partial charge >= 0.3 is 0 Å². The molecule has 2 aromatic heterocycles. The van der Waals surface area contributed by atoms with Crippen molar-refractivity contribution in [3.8, 4) is 5.88 Å². The smallest absolute Gasteiger partial charge is 0.287 e. The lowest BCUT2D eigenvalue weighted by Crippen LogP contribution is -2.22. The second kappa shape index (κ2) is 4.44. The predicted molar refractivity (Wildman–Crippen MR) is 57.6 cm³/mol. The minimum atomic E-state index is -0.564. The van der Waals surface area contributed by atoms with Crippen LogP contribution >= 0.6 is 0 Å². The molecule has 7 nitrogen and oxygen atoms in total. The third-order valence-corrected chi connectivity index (χ3v) is 1.91. The molecule has 0 spiro atoms. The van der Waals surface area contributed by atoms with Crippen LogP contribution in [0.3, 0.4) is 0 Å². The van der Waals surface area contributed by atoms with Crippen molar-refractivity contribution in [1.29, 1.82) is 0 Å². The van der Waals surface area contributed by atoms with Gasteiger partial charge in [-0.05, 0) is 6.07 Å². The van der Waals surface area contributed by atoms with Gasteiger partial charge in [-0.3, -0.25) is 14.9 Å². The largest absolute Gasteiger partial charge is 0.352 e. The Morgan fingerprint density at radius 1 is 1.29 bits per heavy atom. The molecule has 0 radical (unpaired) electrons. The Balaban J connectivity index is 2.23. The van der Waals surface area contributed by atoms with E-state index in [1.807, 2.05) is 0 Å². The molecule has 0 bridgehead atoms. The highest BCUT2D eigenvalue weighted by Crippen LogP contribution is 2.13. The normalized spacial score (nSPS) is 9.88. The third kappa shape index (κ3) is 2.46. The van der Waals surface area contributed by atoms with E-state index in [4.69, 9.17) is 4.84 Å². The van der Waals surface area contributed by atoms with Crippen molar-refractivity contribution in [2.24, 2.45) is 0 Å². The van der Waals surface area contributed by atoms with E-state index in [-0.39, 0.29) is 17.1 Å². The van der Waals surface area contributed by atoms with Crippen molar-refractivity contribution in [2.45, 2.75) is 0 Å². The lowest BCUT2D eigenvalue weighted by Gasteiger charge is -2.04. The lowest BCUT2D eigenvalue weighted by molar-refractivity contribution is -0.385. The van der Waals surface area contributed by atoms with Gasteiger partial charge in [-0.1, -0.05) is 6.07 Å². The standard InChI is InChI=1S/C10H7N3O4/c14-10-3-1-2-6-12(10)17-9-5-4-8(7-11-9)13(15)16/h1-7H. The average Bonchev–Trinajstić information content (AvgIpc) is 2.33. The van der Waals surface area contributed by atoms with Gasteiger partial charge in [0.25, 0.3) is 11.2 Å². The molecule has 0 fully saturated rings. The molecular weight excluding hydrogens is 226 g/mol. The maximum Gasteiger partial charge on any atom is 0.287 e. The quantitative estimate of drug-likeness (QED) is 0.582. The molecule has 2 rings (SSSR count). The molecule has 0 amide bonds. The minimum absolute atomic E-state index is 0.101. The van der Waals surface area contributed by atoms with Gasteiger partial charge in [-0.25, -0.2) is 4.98 Å². The summed E-state index contributed by atoms with van der Waals surface area (Å²) in [5, 5.41) is 10.4. The summed E-state index contributed by atoms with van der Waals surface area (Å²) in [5.41, 5.74) is -0.495. The van der Waals surface area contributed by atoms with Crippen molar-refractivity contribution in [1.82, 2.24) is 9.71 Å². The van der Waals surface area contributed by atoms with Crippen LogP contribution in [0.15, 0.2) is 47.5 Å². The van der Waals surface area contributed by atoms with E-state index in [2.05, 4.69) is 4.98 Å². The van der Waals surface area contributed by atoms with Gasteiger partial charge in [0.05, 0.1) is 4.92 Å². The first-order valence-corrected chi connectivity index (χ1v) is 4.63. The number of rotatable bonds is 3. The Labute approximate surface area is 95.0 Å². The predicted octanol–water partition coefficient (Wildman–Crippen LogP) is 0.994. The third-order valence-electron chi connectivity index (χ3n) is 1.91. The van der Waals surface area contributed by atoms with E-state index in [0.717, 1.165) is 10.9 Å². The number of nitro groups is 1. The first kappa shape index (κ1) is 10.8. The summed E-state index contributed by atoms with van der Waals surface area (Å²) in [6, 6.07) is 7.08. The zero-order valence-electron chi connectivity index (χ0n) is 8.52. The van der Waals surface area contributed by atoms with Gasteiger partial charge in [0.2, 0.25) is 5.88 Å². The second-order valence-corrected chi connectivity index (χ2v) is 3.07. The first-order valence-electron chi connectivity index (χ1n) is 4.63. The van der Waals surface area contributed by atoms with Crippen molar-refractivity contribution < 1.29 is 9.76 Å². The maximum atomic E-state index is 11.3. The second-order valence-electron chi connectivity index (χ2n) is 3.07. The molecule has 0 N–H and O–H groups in total. The Morgan fingerprint density at radius 2 is 2.12 bits per heavy atom. The van der Waals surface area contributed by atoms with E-state index in [1.54, 1.807) is 12.1 Å². The fraction of sp³-hybridized carbons (Fsp3) is 0. The van der Waals surface area contributed by atoms with Crippen molar-refractivity contribution in [3.63, 3.8) is 0 Å². The lowest BCUT2D eigenvalue weighted by atomic mass is 10.4. The van der Waals surface area contributed by atoms with E-state index >= 15 is 0 Å². The summed E-state index contributed by atoms with van der Waals surface area (Å²) < 4.78 is 0.980. The Kier molecular flexibility index (Phi) is 2.82. The fourth-order valence-corrected chi connectivity index (χ4v) is 1.12. The van der Waals surface area contributed by atoms with Crippen LogP contribution in [0.1, 0.15) is 0 Å². The zero-order valence-corrected chi connectivity index (χ0v) is 8.52. The highest BCUT2D eigenvalue weighted by molar-refractivity contribution is 5.28. The van der Waals surface area contributed by atoms with Crippen LogP contribution < -0.4 is 10.4 Å². The van der Waals surface area contributed by atoms with Crippen LogP contribution in [0.25, 0.3) is 0 Å². The molecule has 0 saturated carbocycles. The molecule has 0 saturated heterocycles. The maximum absolute atomic E-state index is 11.3. The summed E-state index contributed by atoms with van der Waals surface area (Å²) in [6.07, 6.45) is 2.48. The van der Waals surface area contributed by atoms with Crippen molar-refractivity contribution >= 4 is 5.69 Å². The molecular formula is C10H7N3O4. The fourth-order valence-electron chi connectivity index (χ4n) is 1.12. The molecule has 0 aliphatic rings. The van der Waals surface area contributed by atoms with Crippen LogP contribution in [-0.4, -0.2) is 14.6 Å². The van der Waals surface area contributed by atoms with E-state index in [0.29, 0.717) is 0 Å². The Hall–Kier alpha value is -2.70. The summed E-state index contributed by atoms with van der Waals surface area (Å²) in [6.45, 7) is 0. The zero-order chi connectivity index (χ0) is 12.3. The number of aromatic nitrogens is 2. The van der Waals surface area contributed by atoms with Crippen molar-refractivity contribution in [2.75, 3.05) is 0 Å². The molecule has 0 unspecified atom stereocenters. The number of nitrogens with zero attached hydrogens (tertiary/aromatic N) is 3. The number of pyridine rings is 2. The number of hydrogen-bond donors (Lipinski definition) is 0. The average molecular weight is 233 g/mol. The summed E-state index contributed by atoms with van der Waals surface area (Å²) in [5.74, 6) is 0.101. The van der Waals surface area contributed by atoms with Crippen LogP contribution in [-0.2, 0) is 0 Å². The van der Waals surface area contributed by atoms with Gasteiger partial charge in [-0.2, -0.15) is 0 Å². The van der Waals surface area contributed by atoms with Crippen molar-refractivity contribution in [3.05, 3.63) is 63.2 Å². The molecule has 0 atom stereocenters. The molecule has 17 heavy (non-hydrogen) atoms. The molecule has 2 heterocycles. The van der Waals surface area contributed by atoms with Crippen LogP contribution in [0.2, 0.25) is 0 Å². The molecule has 0 aromatic carbocycles. The summed E-state index contributed by atoms with van der Waals surface area (Å²) in [4.78, 5) is 30.0. The molecule has 2 aromatic rings. The van der Waals surface area contributed by atoms with Gasteiger partial charge in [0.15, 0.2) is 0 Å². The van der Waals surface area contributed by atoms with E-state index in [9.17, 15) is 14.9 Å². The molecule has 0 aliphatic carbocycles. The Morgan fingerprint density at radius 3 is 2.71 bits per heavy atom. The topological polar surface area (TPSA) is 87.3 Å². The minimum Gasteiger partial charge on any atom is -0.352 e.